The molecule has 0 atom stereocenters. The Morgan fingerprint density at radius 1 is 1.40 bits per heavy atom. The van der Waals surface area contributed by atoms with Gasteiger partial charge in [-0.2, -0.15) is 5.26 Å². The van der Waals surface area contributed by atoms with E-state index in [2.05, 4.69) is 21.2 Å². The minimum absolute atomic E-state index is 0.00169. The van der Waals surface area contributed by atoms with E-state index in [1.807, 2.05) is 0 Å². The number of nitrogens with zero attached hydrogens (tertiary/aromatic N) is 2. The molecule has 2 aromatic rings. The average Bonchev–Trinajstić information content (AvgIpc) is 2.85. The zero-order valence-electron chi connectivity index (χ0n) is 9.79. The van der Waals surface area contributed by atoms with Crippen LogP contribution in [-0.4, -0.2) is 10.8 Å². The second kappa shape index (κ2) is 5.54. The number of non-ortho nitro benzene ring substituents is 1. The summed E-state index contributed by atoms with van der Waals surface area (Å²) < 4.78 is 5.46. The number of nitro groups is 1. The summed E-state index contributed by atoms with van der Waals surface area (Å²) in [4.78, 5) is 21.8. The molecular weight excluding hydrogens is 330 g/mol. The summed E-state index contributed by atoms with van der Waals surface area (Å²) in [5, 5.41) is 22.0. The van der Waals surface area contributed by atoms with Gasteiger partial charge in [-0.05, 0) is 34.1 Å². The fourth-order valence-corrected chi connectivity index (χ4v) is 1.77. The molecule has 0 radical (unpaired) electrons. The number of furan rings is 1. The van der Waals surface area contributed by atoms with Gasteiger partial charge in [-0.25, -0.2) is 0 Å². The molecule has 20 heavy (non-hydrogen) atoms. The standard InChI is InChI=1S/C12H6BrN3O4/c13-11-4-3-10(20-11)12(17)15-9-2-1-8(16(18)19)5-7(9)6-14/h1-5H,(H,15,17). The summed E-state index contributed by atoms with van der Waals surface area (Å²) in [6.07, 6.45) is 0. The zero-order valence-corrected chi connectivity index (χ0v) is 11.4. The topological polar surface area (TPSA) is 109 Å². The van der Waals surface area contributed by atoms with E-state index in [0.717, 1.165) is 6.07 Å². The number of benzene rings is 1. The van der Waals surface area contributed by atoms with Gasteiger partial charge in [0.2, 0.25) is 0 Å². The maximum atomic E-state index is 11.8. The number of anilines is 1. The van der Waals surface area contributed by atoms with Crippen molar-refractivity contribution in [1.82, 2.24) is 0 Å². The molecule has 0 bridgehead atoms. The number of hydrogen-bond donors (Lipinski definition) is 1. The first kappa shape index (κ1) is 13.8. The van der Waals surface area contributed by atoms with E-state index < -0.39 is 10.8 Å². The highest BCUT2D eigenvalue weighted by atomic mass is 79.9. The van der Waals surface area contributed by atoms with Crippen molar-refractivity contribution in [2.45, 2.75) is 0 Å². The van der Waals surface area contributed by atoms with E-state index >= 15 is 0 Å². The van der Waals surface area contributed by atoms with Gasteiger partial charge in [0, 0.05) is 12.1 Å². The first-order chi connectivity index (χ1) is 9.51. The number of nitrogens with one attached hydrogen (secondary N) is 1. The lowest BCUT2D eigenvalue weighted by molar-refractivity contribution is -0.384. The van der Waals surface area contributed by atoms with Crippen molar-refractivity contribution >= 4 is 33.2 Å². The minimum Gasteiger partial charge on any atom is -0.444 e. The third kappa shape index (κ3) is 2.84. The summed E-state index contributed by atoms with van der Waals surface area (Å²) in [7, 11) is 0. The molecule has 0 saturated heterocycles. The maximum Gasteiger partial charge on any atom is 0.291 e. The molecule has 0 aliphatic rings. The van der Waals surface area contributed by atoms with Gasteiger partial charge < -0.3 is 9.73 Å². The molecule has 0 unspecified atom stereocenters. The lowest BCUT2D eigenvalue weighted by Crippen LogP contribution is -2.12. The van der Waals surface area contributed by atoms with Gasteiger partial charge in [-0.15, -0.1) is 0 Å². The monoisotopic (exact) mass is 335 g/mol. The molecule has 0 spiro atoms. The molecular formula is C12H6BrN3O4. The van der Waals surface area contributed by atoms with Gasteiger partial charge >= 0.3 is 0 Å². The van der Waals surface area contributed by atoms with E-state index in [1.165, 1.54) is 18.2 Å². The van der Waals surface area contributed by atoms with E-state index in [9.17, 15) is 14.9 Å². The van der Waals surface area contributed by atoms with Gasteiger partial charge in [0.15, 0.2) is 10.4 Å². The Balaban J connectivity index is 2.28. The molecule has 1 amide bonds. The van der Waals surface area contributed by atoms with Gasteiger partial charge in [0.05, 0.1) is 16.2 Å². The van der Waals surface area contributed by atoms with Crippen LogP contribution in [0.15, 0.2) is 39.4 Å². The predicted molar refractivity (Wildman–Crippen MR) is 72.2 cm³/mol. The number of nitriles is 1. The Bertz CT molecular complexity index is 733. The number of rotatable bonds is 3. The van der Waals surface area contributed by atoms with Crippen molar-refractivity contribution in [3.8, 4) is 6.07 Å². The van der Waals surface area contributed by atoms with Crippen LogP contribution in [0.25, 0.3) is 0 Å². The van der Waals surface area contributed by atoms with Gasteiger partial charge in [-0.3, -0.25) is 14.9 Å². The summed E-state index contributed by atoms with van der Waals surface area (Å²) in [6, 6.07) is 8.39. The number of hydrogen-bond acceptors (Lipinski definition) is 5. The fourth-order valence-electron chi connectivity index (χ4n) is 1.47. The second-order valence-corrected chi connectivity index (χ2v) is 4.44. The number of nitro benzene ring substituents is 1. The largest absolute Gasteiger partial charge is 0.444 e. The Morgan fingerprint density at radius 2 is 2.15 bits per heavy atom. The molecule has 0 fully saturated rings. The van der Waals surface area contributed by atoms with Crippen molar-refractivity contribution < 1.29 is 14.1 Å². The van der Waals surface area contributed by atoms with E-state index in [1.54, 1.807) is 12.1 Å². The van der Waals surface area contributed by atoms with Crippen molar-refractivity contribution in [1.29, 1.82) is 5.26 Å². The van der Waals surface area contributed by atoms with Crippen molar-refractivity contribution in [3.63, 3.8) is 0 Å². The highest BCUT2D eigenvalue weighted by Crippen LogP contribution is 2.22. The number of halogens is 1. The van der Waals surface area contributed by atoms with Crippen LogP contribution in [0.2, 0.25) is 0 Å². The van der Waals surface area contributed by atoms with E-state index in [-0.39, 0.29) is 22.7 Å². The van der Waals surface area contributed by atoms with E-state index in [4.69, 9.17) is 9.68 Å². The van der Waals surface area contributed by atoms with Gasteiger partial charge in [0.25, 0.3) is 11.6 Å². The Labute approximate surface area is 121 Å². The second-order valence-electron chi connectivity index (χ2n) is 3.66. The first-order valence-corrected chi connectivity index (χ1v) is 6.06. The first-order valence-electron chi connectivity index (χ1n) is 5.26. The van der Waals surface area contributed by atoms with Crippen molar-refractivity contribution in [2.24, 2.45) is 0 Å². The van der Waals surface area contributed by atoms with Gasteiger partial charge in [-0.1, -0.05) is 0 Å². The molecule has 1 heterocycles. The highest BCUT2D eigenvalue weighted by molar-refractivity contribution is 9.10. The lowest BCUT2D eigenvalue weighted by Gasteiger charge is -2.05. The quantitative estimate of drug-likeness (QED) is 0.684. The highest BCUT2D eigenvalue weighted by Gasteiger charge is 2.15. The summed E-state index contributed by atoms with van der Waals surface area (Å²) in [5.74, 6) is -0.500. The minimum atomic E-state index is -0.615. The third-order valence-electron chi connectivity index (χ3n) is 2.38. The smallest absolute Gasteiger partial charge is 0.291 e. The zero-order chi connectivity index (χ0) is 14.7. The number of amides is 1. The lowest BCUT2D eigenvalue weighted by atomic mass is 10.1. The van der Waals surface area contributed by atoms with Crippen molar-refractivity contribution in [3.05, 3.63) is 56.4 Å². The predicted octanol–water partition coefficient (Wildman–Crippen LogP) is 3.07. The molecule has 7 nitrogen and oxygen atoms in total. The van der Waals surface area contributed by atoms with Crippen LogP contribution in [0, 0.1) is 21.4 Å². The van der Waals surface area contributed by atoms with E-state index in [0.29, 0.717) is 4.67 Å². The molecule has 0 aliphatic heterocycles. The van der Waals surface area contributed by atoms with Gasteiger partial charge in [0.1, 0.15) is 6.07 Å². The Kier molecular flexibility index (Phi) is 3.81. The Hall–Kier alpha value is -2.66. The summed E-state index contributed by atoms with van der Waals surface area (Å²) in [5.41, 5.74) is -0.0471. The van der Waals surface area contributed by atoms with Crippen molar-refractivity contribution in [2.75, 3.05) is 5.32 Å². The molecule has 1 N–H and O–H groups in total. The molecule has 2 rings (SSSR count). The average molecular weight is 336 g/mol. The molecule has 0 saturated carbocycles. The van der Waals surface area contributed by atoms with Crippen LogP contribution >= 0.6 is 15.9 Å². The Morgan fingerprint density at radius 3 is 2.70 bits per heavy atom. The molecule has 1 aromatic heterocycles. The van der Waals surface area contributed by atoms with Crippen LogP contribution in [0.5, 0.6) is 0 Å². The molecule has 0 aliphatic carbocycles. The summed E-state index contributed by atoms with van der Waals surface area (Å²) >= 11 is 3.07. The number of carbonyl (C=O) groups excluding carboxylic acids is 1. The van der Waals surface area contributed by atoms with Crippen LogP contribution in [-0.2, 0) is 0 Å². The normalized spacial score (nSPS) is 9.80. The van der Waals surface area contributed by atoms with Crippen LogP contribution in [0.3, 0.4) is 0 Å². The fraction of sp³-hybridized carbons (Fsp3) is 0. The summed E-state index contributed by atoms with van der Waals surface area (Å²) in [6.45, 7) is 0. The molecule has 100 valence electrons. The van der Waals surface area contributed by atoms with Crippen LogP contribution in [0.1, 0.15) is 16.1 Å². The van der Waals surface area contributed by atoms with Crippen LogP contribution in [0.4, 0.5) is 11.4 Å². The number of carbonyl (C=O) groups is 1. The SMILES string of the molecule is N#Cc1cc([N+](=O)[O-])ccc1NC(=O)c1ccc(Br)o1. The van der Waals surface area contributed by atoms with Crippen LogP contribution < -0.4 is 5.32 Å². The molecule has 8 heteroatoms. The maximum absolute atomic E-state index is 11.8. The third-order valence-corrected chi connectivity index (χ3v) is 2.81. The molecule has 1 aromatic carbocycles.